The number of benzene rings is 3. The fraction of sp³-hybridized carbons (Fsp3) is 0.280. The molecule has 0 amide bonds. The molecule has 1 aliphatic heterocycles. The molecule has 3 aromatic rings. The summed E-state index contributed by atoms with van der Waals surface area (Å²) in [7, 11) is 0. The number of hydrogen-bond donors (Lipinski definition) is 0. The predicted octanol–water partition coefficient (Wildman–Crippen LogP) is 7.74. The second kappa shape index (κ2) is 9.90. The molecule has 0 N–H and O–H groups in total. The molecule has 0 unspecified atom stereocenters. The van der Waals surface area contributed by atoms with Crippen molar-refractivity contribution < 1.29 is 53.7 Å². The Morgan fingerprint density at radius 1 is 0.757 bits per heavy atom. The van der Waals surface area contributed by atoms with Gasteiger partial charge in [0.15, 0.2) is 6.29 Å². The monoisotopic (exact) mass is 536 g/mol. The first-order valence-corrected chi connectivity index (χ1v) is 10.7. The van der Waals surface area contributed by atoms with E-state index in [1.165, 1.54) is 0 Å². The van der Waals surface area contributed by atoms with Gasteiger partial charge in [-0.1, -0.05) is 13.0 Å². The van der Waals surface area contributed by atoms with Crippen LogP contribution in [0.4, 0.5) is 39.5 Å². The van der Waals surface area contributed by atoms with Crippen LogP contribution in [0.25, 0.3) is 11.1 Å². The van der Waals surface area contributed by atoms with Crippen LogP contribution in [0.1, 0.15) is 29.9 Å². The van der Waals surface area contributed by atoms with Gasteiger partial charge in [-0.2, -0.15) is 22.0 Å². The summed E-state index contributed by atoms with van der Waals surface area (Å²) in [6.07, 6.45) is -10.7. The second-order valence-electron chi connectivity index (χ2n) is 8.42. The number of ether oxygens (including phenoxy) is 3. The molecule has 1 fully saturated rings. The molecule has 4 rings (SSSR count). The highest BCUT2D eigenvalue weighted by atomic mass is 19.4. The van der Waals surface area contributed by atoms with E-state index in [0.717, 1.165) is 18.2 Å². The summed E-state index contributed by atoms with van der Waals surface area (Å²) in [5.74, 6) is -7.07. The third kappa shape index (κ3) is 5.69. The molecule has 37 heavy (non-hydrogen) atoms. The average Bonchev–Trinajstić information content (AvgIpc) is 2.77. The molecule has 0 radical (unpaired) electrons. The molecule has 12 heteroatoms. The van der Waals surface area contributed by atoms with Gasteiger partial charge < -0.3 is 14.2 Å². The first kappa shape index (κ1) is 26.8. The summed E-state index contributed by atoms with van der Waals surface area (Å²) in [5.41, 5.74) is -4.21. The molecule has 0 atom stereocenters. The quantitative estimate of drug-likeness (QED) is 0.312. The van der Waals surface area contributed by atoms with E-state index in [-0.39, 0.29) is 30.3 Å². The summed E-state index contributed by atoms with van der Waals surface area (Å²) in [5, 5.41) is 0. The zero-order valence-electron chi connectivity index (χ0n) is 18.8. The maximum atomic E-state index is 14.7. The number of alkyl halides is 5. The van der Waals surface area contributed by atoms with Crippen LogP contribution in [0, 0.1) is 29.2 Å². The minimum atomic E-state index is -4.97. The summed E-state index contributed by atoms with van der Waals surface area (Å²) >= 11 is 0. The fourth-order valence-electron chi connectivity index (χ4n) is 3.70. The first-order chi connectivity index (χ1) is 17.3. The maximum Gasteiger partial charge on any atom is 0.432 e. The molecular weight excluding hydrogens is 519 g/mol. The maximum absolute atomic E-state index is 14.7. The fourth-order valence-corrected chi connectivity index (χ4v) is 3.70. The molecule has 0 bridgehead atoms. The van der Waals surface area contributed by atoms with Gasteiger partial charge in [-0.25, -0.2) is 17.6 Å². The molecule has 1 saturated heterocycles. The van der Waals surface area contributed by atoms with Crippen LogP contribution in [-0.2, 0) is 21.8 Å². The van der Waals surface area contributed by atoms with E-state index in [4.69, 9.17) is 9.47 Å². The molecule has 3 nitrogen and oxygen atoms in total. The van der Waals surface area contributed by atoms with Crippen molar-refractivity contribution in [2.45, 2.75) is 25.5 Å². The normalized spacial score (nSPS) is 18.6. The molecule has 0 saturated carbocycles. The highest BCUT2D eigenvalue weighted by molar-refractivity contribution is 5.65. The van der Waals surface area contributed by atoms with Crippen LogP contribution in [0.15, 0.2) is 48.5 Å². The lowest BCUT2D eigenvalue weighted by Crippen LogP contribution is -2.27. The van der Waals surface area contributed by atoms with Crippen LogP contribution in [0.5, 0.6) is 5.75 Å². The molecule has 0 aliphatic carbocycles. The van der Waals surface area contributed by atoms with E-state index in [9.17, 15) is 39.5 Å². The predicted molar refractivity (Wildman–Crippen MR) is 111 cm³/mol. The van der Waals surface area contributed by atoms with E-state index in [0.29, 0.717) is 30.3 Å². The highest BCUT2D eigenvalue weighted by Crippen LogP contribution is 2.39. The average molecular weight is 536 g/mol. The van der Waals surface area contributed by atoms with Crippen LogP contribution >= 0.6 is 0 Å². The van der Waals surface area contributed by atoms with Crippen molar-refractivity contribution in [3.05, 3.63) is 88.5 Å². The molecule has 198 valence electrons. The Labute approximate surface area is 204 Å². The van der Waals surface area contributed by atoms with E-state index >= 15 is 0 Å². The topological polar surface area (TPSA) is 27.7 Å². The summed E-state index contributed by atoms with van der Waals surface area (Å²) in [6, 6.07) is 4.91. The minimum Gasteiger partial charge on any atom is -0.429 e. The van der Waals surface area contributed by atoms with Gasteiger partial charge in [-0.15, -0.1) is 0 Å². The third-order valence-electron chi connectivity index (χ3n) is 5.46. The molecule has 0 aromatic heterocycles. The van der Waals surface area contributed by atoms with Crippen molar-refractivity contribution in [3.63, 3.8) is 0 Å². The largest absolute Gasteiger partial charge is 0.432 e. The van der Waals surface area contributed by atoms with Crippen molar-refractivity contribution in [1.82, 2.24) is 0 Å². The van der Waals surface area contributed by atoms with Crippen molar-refractivity contribution in [1.29, 1.82) is 0 Å². The van der Waals surface area contributed by atoms with Gasteiger partial charge in [0.05, 0.1) is 18.8 Å². The molecule has 3 aromatic carbocycles. The van der Waals surface area contributed by atoms with Gasteiger partial charge in [0.2, 0.25) is 0 Å². The van der Waals surface area contributed by atoms with Crippen molar-refractivity contribution in [2.75, 3.05) is 13.2 Å². The minimum absolute atomic E-state index is 0.0352. The van der Waals surface area contributed by atoms with E-state index in [1.807, 2.05) is 6.92 Å². The Morgan fingerprint density at radius 2 is 1.38 bits per heavy atom. The van der Waals surface area contributed by atoms with Gasteiger partial charge >= 0.3 is 12.3 Å². The Kier molecular flexibility index (Phi) is 7.17. The van der Waals surface area contributed by atoms with Crippen LogP contribution in [0.3, 0.4) is 0 Å². The molecular formula is C25H17F9O3. The van der Waals surface area contributed by atoms with E-state index in [2.05, 4.69) is 4.74 Å². The zero-order valence-corrected chi connectivity index (χ0v) is 18.8. The number of halogens is 9. The van der Waals surface area contributed by atoms with E-state index < -0.39 is 64.3 Å². The Morgan fingerprint density at radius 3 is 1.92 bits per heavy atom. The molecule has 0 spiro atoms. The van der Waals surface area contributed by atoms with Crippen LogP contribution in [0.2, 0.25) is 0 Å². The Balaban J connectivity index is 1.57. The van der Waals surface area contributed by atoms with Crippen molar-refractivity contribution >= 4 is 0 Å². The Bertz CT molecular complexity index is 1280. The molecule has 1 heterocycles. The highest BCUT2D eigenvalue weighted by Gasteiger charge is 2.42. The number of hydrogen-bond acceptors (Lipinski definition) is 3. The zero-order chi connectivity index (χ0) is 27.1. The second-order valence-corrected chi connectivity index (χ2v) is 8.42. The number of rotatable bonds is 5. The van der Waals surface area contributed by atoms with Gasteiger partial charge in [0.25, 0.3) is 0 Å². The standard InChI is InChI=1S/C25H17F9O3/c1-12-10-35-23(36-11-12)14-7-20(28)22(21(29)8-14)25(33,34)37-15-3-4-16(18(26)9-15)13-2-5-17(19(27)6-13)24(30,31)32/h2-9,12,23H,10-11H2,1H3. The summed E-state index contributed by atoms with van der Waals surface area (Å²) < 4.78 is 140. The molecule has 1 aliphatic rings. The third-order valence-corrected chi connectivity index (χ3v) is 5.46. The van der Waals surface area contributed by atoms with Crippen molar-refractivity contribution in [2.24, 2.45) is 5.92 Å². The van der Waals surface area contributed by atoms with Crippen molar-refractivity contribution in [3.8, 4) is 16.9 Å². The lowest BCUT2D eigenvalue weighted by Gasteiger charge is -2.28. The van der Waals surface area contributed by atoms with Gasteiger partial charge in [0, 0.05) is 23.1 Å². The van der Waals surface area contributed by atoms with E-state index in [1.54, 1.807) is 0 Å². The van der Waals surface area contributed by atoms with Gasteiger partial charge in [0.1, 0.15) is 34.6 Å². The lowest BCUT2D eigenvalue weighted by atomic mass is 10.0. The summed E-state index contributed by atoms with van der Waals surface area (Å²) in [6.45, 7) is 2.28. The van der Waals surface area contributed by atoms with Gasteiger partial charge in [-0.3, -0.25) is 0 Å². The first-order valence-electron chi connectivity index (χ1n) is 10.7. The SMILES string of the molecule is CC1COC(c2cc(F)c(C(F)(F)Oc3ccc(-c4ccc(C(F)(F)F)c(F)c4)c(F)c3)c(F)c2)OC1. The Hall–Kier alpha value is -3.25. The van der Waals surface area contributed by atoms with Gasteiger partial charge in [-0.05, 0) is 42.0 Å². The van der Waals surface area contributed by atoms with Crippen LogP contribution < -0.4 is 4.74 Å². The lowest BCUT2D eigenvalue weighted by molar-refractivity contribution is -0.203. The summed E-state index contributed by atoms with van der Waals surface area (Å²) in [4.78, 5) is 0. The smallest absolute Gasteiger partial charge is 0.429 e. The van der Waals surface area contributed by atoms with Crippen LogP contribution in [-0.4, -0.2) is 13.2 Å².